The van der Waals surface area contributed by atoms with Crippen LogP contribution in [0.25, 0.3) is 0 Å². The van der Waals surface area contributed by atoms with Crippen LogP contribution in [-0.2, 0) is 13.1 Å². The van der Waals surface area contributed by atoms with Gasteiger partial charge in [-0.2, -0.15) is 0 Å². The molecule has 0 saturated heterocycles. The molecule has 1 heterocycles. The predicted molar refractivity (Wildman–Crippen MR) is 76.9 cm³/mol. The number of hydrogen-bond acceptors (Lipinski definition) is 2. The summed E-state index contributed by atoms with van der Waals surface area (Å²) >= 11 is 0. The van der Waals surface area contributed by atoms with Gasteiger partial charge in [0.05, 0.1) is 5.69 Å². The average molecular weight is 257 g/mol. The van der Waals surface area contributed by atoms with Gasteiger partial charge in [-0.1, -0.05) is 24.3 Å². The van der Waals surface area contributed by atoms with E-state index in [-0.39, 0.29) is 5.91 Å². The Bertz CT molecular complexity index is 587. The average Bonchev–Trinajstić information content (AvgIpc) is 2.79. The van der Waals surface area contributed by atoms with Crippen LogP contribution in [0.2, 0.25) is 0 Å². The highest BCUT2D eigenvalue weighted by Gasteiger charge is 2.11. The molecule has 4 heteroatoms. The second-order valence-electron chi connectivity index (χ2n) is 4.55. The van der Waals surface area contributed by atoms with Gasteiger partial charge in [0, 0.05) is 19.3 Å². The molecule has 2 aromatic rings. The number of aromatic nitrogens is 1. The van der Waals surface area contributed by atoms with Crippen LogP contribution in [-0.4, -0.2) is 10.5 Å². The summed E-state index contributed by atoms with van der Waals surface area (Å²) in [5.41, 5.74) is 9.24. The molecule has 0 aliphatic heterocycles. The maximum atomic E-state index is 12.1. The zero-order valence-electron chi connectivity index (χ0n) is 11.3. The summed E-state index contributed by atoms with van der Waals surface area (Å²) < 4.78 is 1.85. The number of hydrogen-bond donors (Lipinski definition) is 2. The molecule has 0 aliphatic carbocycles. The third kappa shape index (κ3) is 2.96. The van der Waals surface area contributed by atoms with Crippen molar-refractivity contribution in [3.8, 4) is 0 Å². The van der Waals surface area contributed by atoms with E-state index in [0.717, 1.165) is 12.1 Å². The van der Waals surface area contributed by atoms with E-state index < -0.39 is 0 Å². The Morgan fingerprint density at radius 2 is 2.11 bits per heavy atom. The first-order chi connectivity index (χ1) is 9.11. The van der Waals surface area contributed by atoms with Crippen LogP contribution in [0.1, 0.15) is 28.5 Å². The highest BCUT2D eigenvalue weighted by molar-refractivity contribution is 5.93. The van der Waals surface area contributed by atoms with E-state index in [1.165, 1.54) is 5.56 Å². The van der Waals surface area contributed by atoms with Crippen molar-refractivity contribution in [1.82, 2.24) is 9.88 Å². The number of benzene rings is 1. The minimum absolute atomic E-state index is 0.0956. The summed E-state index contributed by atoms with van der Waals surface area (Å²) in [6, 6.07) is 9.72. The molecule has 0 atom stereocenters. The largest absolute Gasteiger partial charge is 0.397 e. The van der Waals surface area contributed by atoms with Gasteiger partial charge in [-0.05, 0) is 31.0 Å². The van der Waals surface area contributed by atoms with Crippen LogP contribution in [0.15, 0.2) is 36.5 Å². The molecule has 1 amide bonds. The minimum Gasteiger partial charge on any atom is -0.397 e. The zero-order valence-corrected chi connectivity index (χ0v) is 11.3. The number of nitrogens with two attached hydrogens (primary N) is 1. The molecular formula is C15H19N3O. The molecule has 100 valence electrons. The maximum Gasteiger partial charge on any atom is 0.268 e. The van der Waals surface area contributed by atoms with Gasteiger partial charge in [0.2, 0.25) is 0 Å². The first-order valence-corrected chi connectivity index (χ1v) is 6.40. The second kappa shape index (κ2) is 5.61. The van der Waals surface area contributed by atoms with Crippen molar-refractivity contribution in [2.24, 2.45) is 0 Å². The molecule has 1 aromatic heterocycles. The van der Waals surface area contributed by atoms with Gasteiger partial charge < -0.3 is 15.6 Å². The summed E-state index contributed by atoms with van der Waals surface area (Å²) in [5.74, 6) is -0.0956. The Labute approximate surface area is 113 Å². The summed E-state index contributed by atoms with van der Waals surface area (Å²) in [5, 5.41) is 2.93. The number of anilines is 1. The first kappa shape index (κ1) is 13.2. The quantitative estimate of drug-likeness (QED) is 0.883. The molecule has 1 aromatic carbocycles. The van der Waals surface area contributed by atoms with Crippen molar-refractivity contribution < 1.29 is 4.79 Å². The highest BCUT2D eigenvalue weighted by atomic mass is 16.1. The van der Waals surface area contributed by atoms with Gasteiger partial charge >= 0.3 is 0 Å². The smallest absolute Gasteiger partial charge is 0.268 e. The monoisotopic (exact) mass is 257 g/mol. The number of aryl methyl sites for hydroxylation is 2. The lowest BCUT2D eigenvalue weighted by atomic mass is 10.1. The van der Waals surface area contributed by atoms with Gasteiger partial charge in [-0.15, -0.1) is 0 Å². The van der Waals surface area contributed by atoms with Crippen LogP contribution in [0.5, 0.6) is 0 Å². The third-order valence-electron chi connectivity index (χ3n) is 3.19. The molecule has 0 radical (unpaired) electrons. The number of nitrogens with one attached hydrogen (secondary N) is 1. The molecule has 0 saturated carbocycles. The molecule has 0 aliphatic rings. The Balaban J connectivity index is 2.07. The number of nitrogens with zero attached hydrogens (tertiary/aromatic N) is 1. The zero-order chi connectivity index (χ0) is 13.8. The summed E-state index contributed by atoms with van der Waals surface area (Å²) in [7, 11) is 0. The molecular weight excluding hydrogens is 238 g/mol. The SMILES string of the molecule is CCn1cc(N)cc1C(=O)NCc1ccccc1C. The van der Waals surface area contributed by atoms with Gasteiger partial charge in [-0.25, -0.2) is 0 Å². The van der Waals surface area contributed by atoms with E-state index in [2.05, 4.69) is 5.32 Å². The molecule has 0 spiro atoms. The molecule has 0 unspecified atom stereocenters. The van der Waals surface area contributed by atoms with E-state index in [0.29, 0.717) is 17.9 Å². The van der Waals surface area contributed by atoms with E-state index in [1.807, 2.05) is 42.7 Å². The van der Waals surface area contributed by atoms with Crippen molar-refractivity contribution in [1.29, 1.82) is 0 Å². The summed E-state index contributed by atoms with van der Waals surface area (Å²) in [6.07, 6.45) is 1.78. The molecule has 19 heavy (non-hydrogen) atoms. The lowest BCUT2D eigenvalue weighted by molar-refractivity contribution is 0.0941. The Morgan fingerprint density at radius 1 is 1.37 bits per heavy atom. The molecule has 3 N–H and O–H groups in total. The Hall–Kier alpha value is -2.23. The number of rotatable bonds is 4. The second-order valence-corrected chi connectivity index (χ2v) is 4.55. The van der Waals surface area contributed by atoms with Crippen LogP contribution in [0.3, 0.4) is 0 Å². The predicted octanol–water partition coefficient (Wildman–Crippen LogP) is 2.33. The Kier molecular flexibility index (Phi) is 3.90. The highest BCUT2D eigenvalue weighted by Crippen LogP contribution is 2.11. The van der Waals surface area contributed by atoms with Crippen LogP contribution in [0, 0.1) is 6.92 Å². The normalized spacial score (nSPS) is 10.4. The van der Waals surface area contributed by atoms with Crippen molar-refractivity contribution in [2.75, 3.05) is 5.73 Å². The Morgan fingerprint density at radius 3 is 2.79 bits per heavy atom. The number of amides is 1. The molecule has 0 bridgehead atoms. The van der Waals surface area contributed by atoms with Crippen LogP contribution >= 0.6 is 0 Å². The van der Waals surface area contributed by atoms with Gasteiger partial charge in [-0.3, -0.25) is 4.79 Å². The van der Waals surface area contributed by atoms with E-state index in [4.69, 9.17) is 5.73 Å². The maximum absolute atomic E-state index is 12.1. The number of carbonyl (C=O) groups excluding carboxylic acids is 1. The fraction of sp³-hybridized carbons (Fsp3) is 0.267. The number of nitrogen functional groups attached to an aromatic ring is 1. The molecule has 2 rings (SSSR count). The standard InChI is InChI=1S/C15H19N3O/c1-3-18-10-13(16)8-14(18)15(19)17-9-12-7-5-4-6-11(12)2/h4-8,10H,3,9,16H2,1-2H3,(H,17,19). The van der Waals surface area contributed by atoms with Crippen LogP contribution in [0.4, 0.5) is 5.69 Å². The lowest BCUT2D eigenvalue weighted by Crippen LogP contribution is -2.25. The van der Waals surface area contributed by atoms with E-state index in [9.17, 15) is 4.79 Å². The fourth-order valence-corrected chi connectivity index (χ4v) is 2.06. The first-order valence-electron chi connectivity index (χ1n) is 6.40. The minimum atomic E-state index is -0.0956. The molecule has 0 fully saturated rings. The lowest BCUT2D eigenvalue weighted by Gasteiger charge is -2.09. The topological polar surface area (TPSA) is 60.0 Å². The fourth-order valence-electron chi connectivity index (χ4n) is 2.06. The van der Waals surface area contributed by atoms with E-state index >= 15 is 0 Å². The van der Waals surface area contributed by atoms with Crippen molar-refractivity contribution in [3.63, 3.8) is 0 Å². The van der Waals surface area contributed by atoms with Gasteiger partial charge in [0.15, 0.2) is 0 Å². The van der Waals surface area contributed by atoms with Crippen LogP contribution < -0.4 is 11.1 Å². The number of carbonyl (C=O) groups is 1. The third-order valence-corrected chi connectivity index (χ3v) is 3.19. The van der Waals surface area contributed by atoms with E-state index in [1.54, 1.807) is 12.3 Å². The van der Waals surface area contributed by atoms with Crippen molar-refractivity contribution in [2.45, 2.75) is 26.9 Å². The molecule has 4 nitrogen and oxygen atoms in total. The van der Waals surface area contributed by atoms with Crippen molar-refractivity contribution in [3.05, 3.63) is 53.3 Å². The summed E-state index contributed by atoms with van der Waals surface area (Å²) in [6.45, 7) is 5.27. The van der Waals surface area contributed by atoms with Gasteiger partial charge in [0.1, 0.15) is 5.69 Å². The van der Waals surface area contributed by atoms with Gasteiger partial charge in [0.25, 0.3) is 5.91 Å². The van der Waals surface area contributed by atoms with Crippen molar-refractivity contribution >= 4 is 11.6 Å². The summed E-state index contributed by atoms with van der Waals surface area (Å²) in [4.78, 5) is 12.1.